The average molecular weight is 239 g/mol. The minimum absolute atomic E-state index is 0.749. The number of hydrogen-bond donors (Lipinski definition) is 1. The first-order valence-corrected chi connectivity index (χ1v) is 7.38. The summed E-state index contributed by atoms with van der Waals surface area (Å²) in [5.74, 6) is 0. The predicted molar refractivity (Wildman–Crippen MR) is 73.4 cm³/mol. The first-order chi connectivity index (χ1) is 8.20. The van der Waals surface area contributed by atoms with Gasteiger partial charge >= 0.3 is 0 Å². The van der Waals surface area contributed by atoms with E-state index in [0.717, 1.165) is 18.1 Å². The van der Waals surface area contributed by atoms with Crippen LogP contribution in [0.4, 0.5) is 0 Å². The van der Waals surface area contributed by atoms with Crippen LogP contribution in [-0.4, -0.2) is 61.2 Å². The van der Waals surface area contributed by atoms with Crippen LogP contribution in [0.25, 0.3) is 0 Å². The molecule has 0 radical (unpaired) electrons. The zero-order valence-corrected chi connectivity index (χ0v) is 11.8. The second-order valence-electron chi connectivity index (χ2n) is 5.89. The van der Waals surface area contributed by atoms with Crippen LogP contribution in [0.2, 0.25) is 0 Å². The quantitative estimate of drug-likeness (QED) is 0.803. The molecule has 17 heavy (non-hydrogen) atoms. The minimum atomic E-state index is 0.749. The Hall–Kier alpha value is -0.120. The molecule has 0 saturated carbocycles. The second kappa shape index (κ2) is 6.17. The van der Waals surface area contributed by atoms with Gasteiger partial charge in [-0.25, -0.2) is 0 Å². The maximum atomic E-state index is 3.63. The average Bonchev–Trinajstić information content (AvgIpc) is 2.82. The SMILES string of the molecule is CCN(CC1CCCN1)C1CCN(C)C(C)C1. The molecular formula is C14H29N3. The highest BCUT2D eigenvalue weighted by Crippen LogP contribution is 2.21. The summed E-state index contributed by atoms with van der Waals surface area (Å²) in [6.07, 6.45) is 5.43. The van der Waals surface area contributed by atoms with E-state index in [1.54, 1.807) is 0 Å². The van der Waals surface area contributed by atoms with Crippen LogP contribution in [0.1, 0.15) is 39.5 Å². The molecular weight excluding hydrogens is 210 g/mol. The molecule has 2 fully saturated rings. The zero-order valence-electron chi connectivity index (χ0n) is 11.8. The molecule has 0 bridgehead atoms. The van der Waals surface area contributed by atoms with E-state index in [0.29, 0.717) is 0 Å². The van der Waals surface area contributed by atoms with E-state index < -0.39 is 0 Å². The number of piperidine rings is 1. The standard InChI is InChI=1S/C14H29N3/c1-4-17(11-13-6-5-8-15-13)14-7-9-16(3)12(2)10-14/h12-15H,4-11H2,1-3H3. The van der Waals surface area contributed by atoms with Gasteiger partial charge in [-0.2, -0.15) is 0 Å². The van der Waals surface area contributed by atoms with E-state index in [4.69, 9.17) is 0 Å². The Morgan fingerprint density at radius 1 is 1.35 bits per heavy atom. The van der Waals surface area contributed by atoms with Crippen LogP contribution in [0.3, 0.4) is 0 Å². The van der Waals surface area contributed by atoms with Crippen molar-refractivity contribution in [2.75, 3.05) is 33.2 Å². The summed E-state index contributed by atoms with van der Waals surface area (Å²) >= 11 is 0. The lowest BCUT2D eigenvalue weighted by molar-refractivity contribution is 0.0858. The van der Waals surface area contributed by atoms with Gasteiger partial charge in [0.05, 0.1) is 0 Å². The smallest absolute Gasteiger partial charge is 0.0195 e. The maximum absolute atomic E-state index is 3.63. The van der Waals surface area contributed by atoms with E-state index in [9.17, 15) is 0 Å². The molecule has 0 amide bonds. The molecule has 100 valence electrons. The van der Waals surface area contributed by atoms with Crippen molar-refractivity contribution in [3.63, 3.8) is 0 Å². The Morgan fingerprint density at radius 3 is 2.76 bits per heavy atom. The number of rotatable bonds is 4. The lowest BCUT2D eigenvalue weighted by Gasteiger charge is -2.41. The van der Waals surface area contributed by atoms with Crippen molar-refractivity contribution in [1.82, 2.24) is 15.1 Å². The van der Waals surface area contributed by atoms with Crippen molar-refractivity contribution in [3.8, 4) is 0 Å². The summed E-state index contributed by atoms with van der Waals surface area (Å²) in [4.78, 5) is 5.21. The number of nitrogens with zero attached hydrogens (tertiary/aromatic N) is 2. The molecule has 2 rings (SSSR count). The van der Waals surface area contributed by atoms with Crippen LogP contribution in [0, 0.1) is 0 Å². The van der Waals surface area contributed by atoms with Gasteiger partial charge < -0.3 is 10.2 Å². The van der Waals surface area contributed by atoms with Crippen molar-refractivity contribution < 1.29 is 0 Å². The highest BCUT2D eigenvalue weighted by Gasteiger charge is 2.28. The van der Waals surface area contributed by atoms with Crippen molar-refractivity contribution in [3.05, 3.63) is 0 Å². The maximum Gasteiger partial charge on any atom is 0.0195 e. The van der Waals surface area contributed by atoms with Gasteiger partial charge in [-0.3, -0.25) is 4.90 Å². The zero-order chi connectivity index (χ0) is 12.3. The highest BCUT2D eigenvalue weighted by atomic mass is 15.2. The van der Waals surface area contributed by atoms with Gasteiger partial charge in [-0.15, -0.1) is 0 Å². The highest BCUT2D eigenvalue weighted by molar-refractivity contribution is 4.86. The number of nitrogens with one attached hydrogen (secondary N) is 1. The summed E-state index contributed by atoms with van der Waals surface area (Å²) < 4.78 is 0. The summed E-state index contributed by atoms with van der Waals surface area (Å²) in [5, 5.41) is 3.63. The summed E-state index contributed by atoms with van der Waals surface area (Å²) in [7, 11) is 2.26. The molecule has 3 unspecified atom stereocenters. The molecule has 2 aliphatic rings. The lowest BCUT2D eigenvalue weighted by atomic mass is 9.97. The molecule has 0 aromatic rings. The molecule has 3 heteroatoms. The lowest BCUT2D eigenvalue weighted by Crippen LogP contribution is -2.50. The Bertz CT molecular complexity index is 226. The largest absolute Gasteiger partial charge is 0.313 e. The van der Waals surface area contributed by atoms with Gasteiger partial charge in [-0.05, 0) is 59.3 Å². The monoisotopic (exact) mass is 239 g/mol. The molecule has 0 aromatic heterocycles. The number of hydrogen-bond acceptors (Lipinski definition) is 3. The van der Waals surface area contributed by atoms with Crippen LogP contribution in [0.5, 0.6) is 0 Å². The van der Waals surface area contributed by atoms with E-state index in [1.807, 2.05) is 0 Å². The minimum Gasteiger partial charge on any atom is -0.313 e. The van der Waals surface area contributed by atoms with E-state index >= 15 is 0 Å². The predicted octanol–water partition coefficient (Wildman–Crippen LogP) is 1.54. The molecule has 0 aromatic carbocycles. The Labute approximate surface area is 107 Å². The molecule has 2 heterocycles. The van der Waals surface area contributed by atoms with E-state index in [2.05, 4.69) is 36.0 Å². The molecule has 3 nitrogen and oxygen atoms in total. The third-order valence-corrected chi connectivity index (χ3v) is 4.72. The van der Waals surface area contributed by atoms with Crippen molar-refractivity contribution in [1.29, 1.82) is 0 Å². The Balaban J connectivity index is 1.84. The van der Waals surface area contributed by atoms with Crippen LogP contribution >= 0.6 is 0 Å². The fourth-order valence-electron chi connectivity index (χ4n) is 3.33. The third-order valence-electron chi connectivity index (χ3n) is 4.72. The third kappa shape index (κ3) is 3.43. The van der Waals surface area contributed by atoms with Crippen LogP contribution in [-0.2, 0) is 0 Å². The molecule has 2 saturated heterocycles. The summed E-state index contributed by atoms with van der Waals surface area (Å²) in [5.41, 5.74) is 0. The Morgan fingerprint density at radius 2 is 2.18 bits per heavy atom. The van der Waals surface area contributed by atoms with Crippen molar-refractivity contribution in [2.24, 2.45) is 0 Å². The first-order valence-electron chi connectivity index (χ1n) is 7.38. The van der Waals surface area contributed by atoms with Crippen molar-refractivity contribution >= 4 is 0 Å². The van der Waals surface area contributed by atoms with Gasteiger partial charge in [-0.1, -0.05) is 6.92 Å². The van der Waals surface area contributed by atoms with Gasteiger partial charge in [0, 0.05) is 24.7 Å². The number of likely N-dealkylation sites (N-methyl/N-ethyl adjacent to an activating group) is 1. The van der Waals surface area contributed by atoms with E-state index in [-0.39, 0.29) is 0 Å². The van der Waals surface area contributed by atoms with Crippen LogP contribution in [0.15, 0.2) is 0 Å². The van der Waals surface area contributed by atoms with Gasteiger partial charge in [0.1, 0.15) is 0 Å². The van der Waals surface area contributed by atoms with Gasteiger partial charge in [0.2, 0.25) is 0 Å². The first kappa shape index (κ1) is 13.3. The molecule has 2 aliphatic heterocycles. The molecule has 0 aliphatic carbocycles. The van der Waals surface area contributed by atoms with Gasteiger partial charge in [0.15, 0.2) is 0 Å². The fourth-order valence-corrected chi connectivity index (χ4v) is 3.33. The summed E-state index contributed by atoms with van der Waals surface area (Å²) in [6, 6.07) is 2.32. The topological polar surface area (TPSA) is 18.5 Å². The molecule has 3 atom stereocenters. The number of likely N-dealkylation sites (tertiary alicyclic amines) is 1. The summed E-state index contributed by atoms with van der Waals surface area (Å²) in [6.45, 7) is 9.65. The Kier molecular flexibility index (Phi) is 4.83. The second-order valence-corrected chi connectivity index (χ2v) is 5.89. The van der Waals surface area contributed by atoms with Crippen molar-refractivity contribution in [2.45, 2.75) is 57.7 Å². The molecule has 0 spiro atoms. The fraction of sp³-hybridized carbons (Fsp3) is 1.00. The van der Waals surface area contributed by atoms with E-state index in [1.165, 1.54) is 51.9 Å². The van der Waals surface area contributed by atoms with Gasteiger partial charge in [0.25, 0.3) is 0 Å². The van der Waals surface area contributed by atoms with Crippen LogP contribution < -0.4 is 5.32 Å². The molecule has 1 N–H and O–H groups in total. The normalized spacial score (nSPS) is 35.6.